The molecule has 8 heteroatoms. The molecule has 128 valence electrons. The van der Waals surface area contributed by atoms with Crippen LogP contribution < -0.4 is 10.1 Å². The quantitative estimate of drug-likeness (QED) is 0.678. The smallest absolute Gasteiger partial charge is 0.236 e. The number of nitrogens with one attached hydrogen (secondary N) is 1. The fourth-order valence-electron chi connectivity index (χ4n) is 2.06. The number of thioether (sulfide) groups is 1. The van der Waals surface area contributed by atoms with E-state index in [2.05, 4.69) is 20.7 Å². The lowest BCUT2D eigenvalue weighted by Crippen LogP contribution is -2.14. The Morgan fingerprint density at radius 3 is 2.60 bits per heavy atom. The lowest BCUT2D eigenvalue weighted by Gasteiger charge is -2.04. The minimum atomic E-state index is -0.181. The summed E-state index contributed by atoms with van der Waals surface area (Å²) in [7, 11) is 1.63. The van der Waals surface area contributed by atoms with E-state index in [1.54, 1.807) is 20.1 Å². The fourth-order valence-corrected chi connectivity index (χ4v) is 2.67. The normalized spacial score (nSPS) is 10.5. The molecule has 1 amide bonds. The summed E-state index contributed by atoms with van der Waals surface area (Å²) in [5.74, 6) is 1.87. The number of amides is 1. The van der Waals surface area contributed by atoms with E-state index in [9.17, 15) is 4.79 Å². The van der Waals surface area contributed by atoms with E-state index in [1.807, 2.05) is 36.4 Å². The van der Waals surface area contributed by atoms with E-state index in [4.69, 9.17) is 9.26 Å². The number of ether oxygens (including phenoxy) is 1. The van der Waals surface area contributed by atoms with Crippen molar-refractivity contribution in [3.63, 3.8) is 0 Å². The second kappa shape index (κ2) is 7.80. The third kappa shape index (κ3) is 4.57. The Balaban J connectivity index is 1.55. The average Bonchev–Trinajstić information content (AvgIpc) is 3.05. The van der Waals surface area contributed by atoms with E-state index >= 15 is 0 Å². The first-order valence-corrected chi connectivity index (χ1v) is 8.47. The molecule has 2 aromatic heterocycles. The summed E-state index contributed by atoms with van der Waals surface area (Å²) in [6.07, 6.45) is 0. The lowest BCUT2D eigenvalue weighted by atomic mass is 10.1. The number of rotatable bonds is 6. The van der Waals surface area contributed by atoms with Crippen molar-refractivity contribution in [3.05, 3.63) is 48.2 Å². The zero-order chi connectivity index (χ0) is 17.6. The van der Waals surface area contributed by atoms with E-state index in [-0.39, 0.29) is 11.7 Å². The molecule has 0 bridgehead atoms. The average molecular weight is 356 g/mol. The molecular formula is C17H16N4O3S. The van der Waals surface area contributed by atoms with Crippen LogP contribution in [0.1, 0.15) is 5.76 Å². The first kappa shape index (κ1) is 17.0. The van der Waals surface area contributed by atoms with Crippen molar-refractivity contribution in [1.82, 2.24) is 15.4 Å². The zero-order valence-corrected chi connectivity index (χ0v) is 14.5. The van der Waals surface area contributed by atoms with Crippen LogP contribution in [0.3, 0.4) is 0 Å². The standard InChI is InChI=1S/C17H16N4O3S/c1-11-9-15(21-24-11)18-16(22)10-25-17-8-7-14(19-20-17)12-3-5-13(23-2)6-4-12/h3-9H,10H2,1-2H3,(H,18,21,22). The third-order valence-corrected chi connectivity index (χ3v) is 4.19. The van der Waals surface area contributed by atoms with Crippen LogP contribution in [-0.4, -0.2) is 34.1 Å². The molecule has 0 aliphatic heterocycles. The minimum Gasteiger partial charge on any atom is -0.497 e. The Labute approximate surface area is 148 Å². The first-order valence-electron chi connectivity index (χ1n) is 7.48. The molecular weight excluding hydrogens is 340 g/mol. The van der Waals surface area contributed by atoms with Crippen LogP contribution in [-0.2, 0) is 4.79 Å². The van der Waals surface area contributed by atoms with Crippen molar-refractivity contribution in [2.24, 2.45) is 0 Å². The molecule has 7 nitrogen and oxygen atoms in total. The fraction of sp³-hybridized carbons (Fsp3) is 0.176. The molecule has 0 aliphatic carbocycles. The second-order valence-electron chi connectivity index (χ2n) is 5.14. The predicted octanol–water partition coefficient (Wildman–Crippen LogP) is 3.18. The van der Waals surface area contributed by atoms with Crippen molar-refractivity contribution in [2.75, 3.05) is 18.2 Å². The van der Waals surface area contributed by atoms with Crippen molar-refractivity contribution >= 4 is 23.5 Å². The Bertz CT molecular complexity index is 847. The summed E-state index contributed by atoms with van der Waals surface area (Å²) in [5, 5.41) is 15.4. The van der Waals surface area contributed by atoms with Gasteiger partial charge in [-0.05, 0) is 43.3 Å². The van der Waals surface area contributed by atoms with E-state index < -0.39 is 0 Å². The summed E-state index contributed by atoms with van der Waals surface area (Å²) in [4.78, 5) is 11.9. The summed E-state index contributed by atoms with van der Waals surface area (Å²) >= 11 is 1.30. The highest BCUT2D eigenvalue weighted by molar-refractivity contribution is 7.99. The van der Waals surface area contributed by atoms with Gasteiger partial charge in [0.15, 0.2) is 5.82 Å². The summed E-state index contributed by atoms with van der Waals surface area (Å²) in [6, 6.07) is 12.9. The highest BCUT2D eigenvalue weighted by Gasteiger charge is 2.08. The van der Waals surface area contributed by atoms with Gasteiger partial charge in [-0.1, -0.05) is 16.9 Å². The van der Waals surface area contributed by atoms with Crippen molar-refractivity contribution in [3.8, 4) is 17.0 Å². The van der Waals surface area contributed by atoms with Crippen molar-refractivity contribution in [2.45, 2.75) is 11.9 Å². The SMILES string of the molecule is COc1ccc(-c2ccc(SCC(=O)Nc3cc(C)on3)nn2)cc1. The molecule has 0 saturated heterocycles. The maximum atomic E-state index is 11.9. The highest BCUT2D eigenvalue weighted by atomic mass is 32.2. The minimum absolute atomic E-state index is 0.181. The van der Waals surface area contributed by atoms with E-state index in [0.29, 0.717) is 16.6 Å². The number of benzene rings is 1. The summed E-state index contributed by atoms with van der Waals surface area (Å²) in [6.45, 7) is 1.76. The molecule has 0 unspecified atom stereocenters. The van der Waals surface area contributed by atoms with Gasteiger partial charge in [0.25, 0.3) is 0 Å². The van der Waals surface area contributed by atoms with Crippen molar-refractivity contribution < 1.29 is 14.1 Å². The van der Waals surface area contributed by atoms with E-state index in [1.165, 1.54) is 11.8 Å². The second-order valence-corrected chi connectivity index (χ2v) is 6.14. The van der Waals surface area contributed by atoms with Crippen LogP contribution in [0.5, 0.6) is 5.75 Å². The van der Waals surface area contributed by atoms with Crippen LogP contribution in [0.2, 0.25) is 0 Å². The summed E-state index contributed by atoms with van der Waals surface area (Å²) in [5.41, 5.74) is 1.71. The van der Waals surface area contributed by atoms with Gasteiger partial charge in [0, 0.05) is 11.6 Å². The van der Waals surface area contributed by atoms with Crippen LogP contribution in [0.25, 0.3) is 11.3 Å². The molecule has 25 heavy (non-hydrogen) atoms. The third-order valence-electron chi connectivity index (χ3n) is 3.27. The Kier molecular flexibility index (Phi) is 5.30. The predicted molar refractivity (Wildman–Crippen MR) is 94.6 cm³/mol. The molecule has 0 atom stereocenters. The van der Waals surface area contributed by atoms with Crippen molar-refractivity contribution in [1.29, 1.82) is 0 Å². The van der Waals surface area contributed by atoms with Gasteiger partial charge in [-0.25, -0.2) is 0 Å². The number of hydrogen-bond acceptors (Lipinski definition) is 7. The monoisotopic (exact) mass is 356 g/mol. The Morgan fingerprint density at radius 2 is 2.00 bits per heavy atom. The highest BCUT2D eigenvalue weighted by Crippen LogP contribution is 2.22. The molecule has 0 spiro atoms. The number of nitrogens with zero attached hydrogens (tertiary/aromatic N) is 3. The number of aromatic nitrogens is 3. The topological polar surface area (TPSA) is 90.1 Å². The molecule has 0 aliphatic rings. The number of aryl methyl sites for hydroxylation is 1. The van der Waals surface area contributed by atoms with Crippen LogP contribution in [0.4, 0.5) is 5.82 Å². The van der Waals surface area contributed by atoms with Gasteiger partial charge in [0.2, 0.25) is 5.91 Å². The van der Waals surface area contributed by atoms with Gasteiger partial charge in [-0.3, -0.25) is 4.79 Å². The Hall–Kier alpha value is -2.87. The zero-order valence-electron chi connectivity index (χ0n) is 13.7. The largest absolute Gasteiger partial charge is 0.497 e. The molecule has 0 radical (unpaired) electrons. The Morgan fingerprint density at radius 1 is 1.20 bits per heavy atom. The van der Waals surface area contributed by atoms with Gasteiger partial charge in [-0.2, -0.15) is 0 Å². The molecule has 0 saturated carbocycles. The lowest BCUT2D eigenvalue weighted by molar-refractivity contribution is -0.113. The molecule has 1 N–H and O–H groups in total. The van der Waals surface area contributed by atoms with Crippen LogP contribution in [0.15, 0.2) is 52.0 Å². The maximum Gasteiger partial charge on any atom is 0.236 e. The van der Waals surface area contributed by atoms with Gasteiger partial charge < -0.3 is 14.6 Å². The van der Waals surface area contributed by atoms with Gasteiger partial charge in [-0.15, -0.1) is 10.2 Å². The first-order chi connectivity index (χ1) is 12.1. The molecule has 3 rings (SSSR count). The number of carbonyl (C=O) groups excluding carboxylic acids is 1. The number of methoxy groups -OCH3 is 1. The maximum absolute atomic E-state index is 11.9. The molecule has 3 aromatic rings. The molecule has 2 heterocycles. The molecule has 1 aromatic carbocycles. The van der Waals surface area contributed by atoms with Crippen LogP contribution >= 0.6 is 11.8 Å². The number of anilines is 1. The van der Waals surface area contributed by atoms with Gasteiger partial charge >= 0.3 is 0 Å². The summed E-state index contributed by atoms with van der Waals surface area (Å²) < 4.78 is 10.0. The van der Waals surface area contributed by atoms with E-state index in [0.717, 1.165) is 17.0 Å². The molecule has 0 fully saturated rings. The van der Waals surface area contributed by atoms with Gasteiger partial charge in [0.05, 0.1) is 18.6 Å². The number of carbonyl (C=O) groups is 1. The van der Waals surface area contributed by atoms with Gasteiger partial charge in [0.1, 0.15) is 16.5 Å². The van der Waals surface area contributed by atoms with Crippen LogP contribution in [0, 0.1) is 6.92 Å². The number of hydrogen-bond donors (Lipinski definition) is 1.